The van der Waals surface area contributed by atoms with Gasteiger partial charge < -0.3 is 15.3 Å². The lowest BCUT2D eigenvalue weighted by molar-refractivity contribution is 0.368. The Morgan fingerprint density at radius 2 is 1.30 bits per heavy atom. The van der Waals surface area contributed by atoms with Crippen molar-refractivity contribution in [2.75, 3.05) is 0 Å². The SMILES string of the molecule is CC(C)c1ccc(/C=C/c2cc(O)c(O)c(O)c2)cc1. The van der Waals surface area contributed by atoms with Crippen LogP contribution in [0.1, 0.15) is 36.5 Å². The molecule has 104 valence electrons. The highest BCUT2D eigenvalue weighted by Crippen LogP contribution is 2.35. The molecule has 0 unspecified atom stereocenters. The Bertz CT molecular complexity index is 602. The minimum absolute atomic E-state index is 0.334. The number of hydrogen-bond donors (Lipinski definition) is 3. The van der Waals surface area contributed by atoms with Gasteiger partial charge in [-0.1, -0.05) is 50.3 Å². The average Bonchev–Trinajstić information content (AvgIpc) is 2.42. The van der Waals surface area contributed by atoms with Crippen LogP contribution in [0.3, 0.4) is 0 Å². The fourth-order valence-corrected chi connectivity index (χ4v) is 1.91. The van der Waals surface area contributed by atoms with Crippen LogP contribution in [0.2, 0.25) is 0 Å². The molecule has 0 bridgehead atoms. The maximum Gasteiger partial charge on any atom is 0.200 e. The van der Waals surface area contributed by atoms with Crippen LogP contribution in [0.5, 0.6) is 17.2 Å². The minimum atomic E-state index is -0.497. The summed E-state index contributed by atoms with van der Waals surface area (Å²) in [5, 5.41) is 28.1. The van der Waals surface area contributed by atoms with E-state index in [-0.39, 0.29) is 11.5 Å². The van der Waals surface area contributed by atoms with E-state index in [9.17, 15) is 15.3 Å². The number of benzene rings is 2. The summed E-state index contributed by atoms with van der Waals surface area (Å²) in [6, 6.07) is 11.0. The quantitative estimate of drug-likeness (QED) is 0.581. The molecule has 0 fully saturated rings. The molecule has 0 heterocycles. The van der Waals surface area contributed by atoms with Crippen molar-refractivity contribution in [1.82, 2.24) is 0 Å². The predicted molar refractivity (Wildman–Crippen MR) is 80.9 cm³/mol. The Labute approximate surface area is 118 Å². The summed E-state index contributed by atoms with van der Waals surface area (Å²) in [4.78, 5) is 0. The summed E-state index contributed by atoms with van der Waals surface area (Å²) in [6.45, 7) is 4.29. The van der Waals surface area contributed by atoms with Crippen molar-refractivity contribution < 1.29 is 15.3 Å². The highest BCUT2D eigenvalue weighted by Gasteiger charge is 2.06. The third-order valence-corrected chi connectivity index (χ3v) is 3.16. The highest BCUT2D eigenvalue weighted by atomic mass is 16.3. The van der Waals surface area contributed by atoms with E-state index in [1.54, 1.807) is 6.08 Å². The van der Waals surface area contributed by atoms with Crippen molar-refractivity contribution in [2.45, 2.75) is 19.8 Å². The molecule has 20 heavy (non-hydrogen) atoms. The molecule has 0 aromatic heterocycles. The first kappa shape index (κ1) is 14.0. The Morgan fingerprint density at radius 1 is 0.800 bits per heavy atom. The van der Waals surface area contributed by atoms with Crippen molar-refractivity contribution in [2.24, 2.45) is 0 Å². The van der Waals surface area contributed by atoms with E-state index in [0.717, 1.165) is 5.56 Å². The molecule has 2 aromatic carbocycles. The normalized spacial score (nSPS) is 11.3. The van der Waals surface area contributed by atoms with Gasteiger partial charge in [0.1, 0.15) is 0 Å². The molecule has 0 aliphatic heterocycles. The Morgan fingerprint density at radius 3 is 1.80 bits per heavy atom. The molecule has 0 amide bonds. The second-order valence-corrected chi connectivity index (χ2v) is 5.06. The third kappa shape index (κ3) is 3.12. The molecule has 3 N–H and O–H groups in total. The van der Waals surface area contributed by atoms with Crippen LogP contribution in [0.25, 0.3) is 12.2 Å². The molecule has 0 saturated heterocycles. The number of hydrogen-bond acceptors (Lipinski definition) is 3. The molecule has 0 saturated carbocycles. The van der Waals surface area contributed by atoms with Gasteiger partial charge in [0, 0.05) is 0 Å². The number of aromatic hydroxyl groups is 3. The second-order valence-electron chi connectivity index (χ2n) is 5.06. The lowest BCUT2D eigenvalue weighted by Crippen LogP contribution is -1.85. The largest absolute Gasteiger partial charge is 0.504 e. The van der Waals surface area contributed by atoms with Gasteiger partial charge in [-0.15, -0.1) is 0 Å². The molecule has 0 spiro atoms. The molecule has 3 nitrogen and oxygen atoms in total. The monoisotopic (exact) mass is 270 g/mol. The van der Waals surface area contributed by atoms with Gasteiger partial charge in [0.2, 0.25) is 0 Å². The lowest BCUT2D eigenvalue weighted by Gasteiger charge is -2.05. The van der Waals surface area contributed by atoms with Gasteiger partial charge in [-0.2, -0.15) is 0 Å². The van der Waals surface area contributed by atoms with Gasteiger partial charge in [-0.25, -0.2) is 0 Å². The van der Waals surface area contributed by atoms with Gasteiger partial charge in [0.25, 0.3) is 0 Å². The lowest BCUT2D eigenvalue weighted by atomic mass is 10.0. The maximum absolute atomic E-state index is 9.43. The number of phenols is 3. The smallest absolute Gasteiger partial charge is 0.200 e. The van der Waals surface area contributed by atoms with Gasteiger partial charge in [0.15, 0.2) is 17.2 Å². The highest BCUT2D eigenvalue weighted by molar-refractivity contribution is 5.72. The molecule has 0 radical (unpaired) electrons. The summed E-state index contributed by atoms with van der Waals surface area (Å²) < 4.78 is 0. The van der Waals surface area contributed by atoms with Crippen LogP contribution in [-0.2, 0) is 0 Å². The zero-order valence-corrected chi connectivity index (χ0v) is 11.5. The maximum atomic E-state index is 9.43. The van der Waals surface area contributed by atoms with Crippen molar-refractivity contribution in [3.8, 4) is 17.2 Å². The first-order chi connectivity index (χ1) is 9.47. The van der Waals surface area contributed by atoms with Gasteiger partial charge in [0.05, 0.1) is 0 Å². The molecule has 2 rings (SSSR count). The molecule has 3 heteroatoms. The molecular weight excluding hydrogens is 252 g/mol. The molecule has 2 aromatic rings. The average molecular weight is 270 g/mol. The van der Waals surface area contributed by atoms with Crippen LogP contribution < -0.4 is 0 Å². The van der Waals surface area contributed by atoms with E-state index < -0.39 is 5.75 Å². The van der Waals surface area contributed by atoms with E-state index in [1.165, 1.54) is 17.7 Å². The van der Waals surface area contributed by atoms with Crippen LogP contribution in [0.4, 0.5) is 0 Å². The number of rotatable bonds is 3. The summed E-state index contributed by atoms with van der Waals surface area (Å²) in [6.07, 6.45) is 3.65. The topological polar surface area (TPSA) is 60.7 Å². The van der Waals surface area contributed by atoms with Gasteiger partial charge >= 0.3 is 0 Å². The molecule has 0 aliphatic carbocycles. The summed E-state index contributed by atoms with van der Waals surface area (Å²) in [5.74, 6) is -0.665. The fraction of sp³-hybridized carbons (Fsp3) is 0.176. The van der Waals surface area contributed by atoms with E-state index in [0.29, 0.717) is 11.5 Å². The molecular formula is C17H18O3. The molecule has 0 atom stereocenters. The van der Waals surface area contributed by atoms with Crippen LogP contribution in [-0.4, -0.2) is 15.3 Å². The van der Waals surface area contributed by atoms with E-state index in [1.807, 2.05) is 18.2 Å². The van der Waals surface area contributed by atoms with Crippen molar-refractivity contribution in [3.05, 3.63) is 53.1 Å². The van der Waals surface area contributed by atoms with Crippen LogP contribution in [0, 0.1) is 0 Å². The zero-order chi connectivity index (χ0) is 14.7. The van der Waals surface area contributed by atoms with Crippen molar-refractivity contribution >= 4 is 12.2 Å². The van der Waals surface area contributed by atoms with Crippen LogP contribution in [0.15, 0.2) is 36.4 Å². The van der Waals surface area contributed by atoms with E-state index in [4.69, 9.17) is 0 Å². The zero-order valence-electron chi connectivity index (χ0n) is 11.5. The third-order valence-electron chi connectivity index (χ3n) is 3.16. The Hall–Kier alpha value is -2.42. The standard InChI is InChI=1S/C17H18O3/c1-11(2)14-7-5-12(6-8-14)3-4-13-9-15(18)17(20)16(19)10-13/h3-11,18-20H,1-2H3/b4-3+. The van der Waals surface area contributed by atoms with E-state index >= 15 is 0 Å². The van der Waals surface area contributed by atoms with Gasteiger partial charge in [-0.05, 0) is 34.7 Å². The fourth-order valence-electron chi connectivity index (χ4n) is 1.91. The first-order valence-electron chi connectivity index (χ1n) is 6.50. The molecule has 0 aliphatic rings. The Balaban J connectivity index is 2.21. The summed E-state index contributed by atoms with van der Waals surface area (Å²) in [7, 11) is 0. The first-order valence-corrected chi connectivity index (χ1v) is 6.50. The van der Waals surface area contributed by atoms with Gasteiger partial charge in [-0.3, -0.25) is 0 Å². The van der Waals surface area contributed by atoms with Crippen molar-refractivity contribution in [3.63, 3.8) is 0 Å². The Kier molecular flexibility index (Phi) is 3.99. The minimum Gasteiger partial charge on any atom is -0.504 e. The van der Waals surface area contributed by atoms with E-state index in [2.05, 4.69) is 26.0 Å². The summed E-state index contributed by atoms with van der Waals surface area (Å²) >= 11 is 0. The summed E-state index contributed by atoms with van der Waals surface area (Å²) in [5.41, 5.74) is 2.93. The number of phenolic OH excluding ortho intramolecular Hbond substituents is 3. The second kappa shape index (κ2) is 5.70. The van der Waals surface area contributed by atoms with Crippen LogP contribution >= 0.6 is 0 Å². The predicted octanol–water partition coefficient (Wildman–Crippen LogP) is 4.10. The van der Waals surface area contributed by atoms with Crippen molar-refractivity contribution in [1.29, 1.82) is 0 Å².